The van der Waals surface area contributed by atoms with E-state index in [9.17, 15) is 0 Å². The van der Waals surface area contributed by atoms with Gasteiger partial charge in [0.25, 0.3) is 0 Å². The molecule has 0 aliphatic heterocycles. The number of pyridine rings is 2. The van der Waals surface area contributed by atoms with Crippen molar-refractivity contribution < 1.29 is 0 Å². The molecule has 4 nitrogen and oxygen atoms in total. The summed E-state index contributed by atoms with van der Waals surface area (Å²) in [6.45, 7) is 0. The maximum Gasteiger partial charge on any atom is 0.160 e. The first-order valence-electron chi connectivity index (χ1n) is 17.5. The minimum absolute atomic E-state index is 0.720. The molecule has 52 heavy (non-hydrogen) atoms. The van der Waals surface area contributed by atoms with Gasteiger partial charge < -0.3 is 0 Å². The lowest BCUT2D eigenvalue weighted by Crippen LogP contribution is -1.95. The largest absolute Gasteiger partial charge is 0.245 e. The van der Waals surface area contributed by atoms with Crippen molar-refractivity contribution in [1.29, 1.82) is 0 Å². The number of rotatable bonds is 5. The average molecular weight is 663 g/mol. The summed E-state index contributed by atoms with van der Waals surface area (Å²) in [7, 11) is 0. The zero-order valence-corrected chi connectivity index (χ0v) is 28.1. The molecule has 7 aromatic carbocycles. The lowest BCUT2D eigenvalue weighted by Gasteiger charge is -2.13. The number of benzene rings is 7. The van der Waals surface area contributed by atoms with Gasteiger partial charge in [-0.05, 0) is 52.2 Å². The third-order valence-electron chi connectivity index (χ3n) is 9.86. The Hall–Kier alpha value is -7.04. The highest BCUT2D eigenvalue weighted by Crippen LogP contribution is 2.36. The molecular formula is C48H30N4. The molecule has 242 valence electrons. The Morgan fingerprint density at radius 2 is 0.865 bits per heavy atom. The van der Waals surface area contributed by atoms with Crippen LogP contribution in [0.2, 0.25) is 0 Å². The molecule has 3 heterocycles. The lowest BCUT2D eigenvalue weighted by atomic mass is 9.95. The van der Waals surface area contributed by atoms with Gasteiger partial charge >= 0.3 is 0 Å². The van der Waals surface area contributed by atoms with E-state index >= 15 is 0 Å². The third kappa shape index (κ3) is 5.26. The fraction of sp³-hybridized carbons (Fsp3) is 0. The molecule has 3 aromatic heterocycles. The molecule has 10 aromatic rings. The van der Waals surface area contributed by atoms with Gasteiger partial charge in [0.1, 0.15) is 0 Å². The summed E-state index contributed by atoms with van der Waals surface area (Å²) >= 11 is 0. The topological polar surface area (TPSA) is 51.6 Å². The Morgan fingerprint density at radius 1 is 0.308 bits per heavy atom. The molecule has 0 saturated heterocycles. The third-order valence-corrected chi connectivity index (χ3v) is 9.86. The monoisotopic (exact) mass is 662 g/mol. The van der Waals surface area contributed by atoms with Gasteiger partial charge in [0, 0.05) is 38.4 Å². The molecule has 0 bridgehead atoms. The molecule has 0 amide bonds. The summed E-state index contributed by atoms with van der Waals surface area (Å²) in [5.74, 6) is 0.720. The van der Waals surface area contributed by atoms with Crippen LogP contribution in [0, 0.1) is 0 Å². The van der Waals surface area contributed by atoms with Gasteiger partial charge in [-0.2, -0.15) is 0 Å². The Morgan fingerprint density at radius 3 is 1.58 bits per heavy atom. The minimum Gasteiger partial charge on any atom is -0.245 e. The molecule has 0 fully saturated rings. The Kier molecular flexibility index (Phi) is 7.10. The van der Waals surface area contributed by atoms with Crippen molar-refractivity contribution in [3.8, 4) is 56.3 Å². The van der Waals surface area contributed by atoms with Crippen molar-refractivity contribution in [3.05, 3.63) is 182 Å². The van der Waals surface area contributed by atoms with E-state index in [4.69, 9.17) is 19.9 Å². The van der Waals surface area contributed by atoms with E-state index in [1.165, 1.54) is 0 Å². The van der Waals surface area contributed by atoms with Crippen LogP contribution in [-0.2, 0) is 0 Å². The van der Waals surface area contributed by atoms with Crippen LogP contribution in [0.3, 0.4) is 0 Å². The predicted octanol–water partition coefficient (Wildman–Crippen LogP) is 12.2. The highest BCUT2D eigenvalue weighted by Gasteiger charge is 2.15. The number of aromatic nitrogens is 4. The van der Waals surface area contributed by atoms with Crippen LogP contribution in [0.4, 0.5) is 0 Å². The van der Waals surface area contributed by atoms with Gasteiger partial charge in [0.2, 0.25) is 0 Å². The standard InChI is InChI=1S/C48H30N4/c1-4-11-32(12-5-1)42-26-23-34-20-21-35-24-27-43(50-47(35)46(34)49-42)39-18-10-17-31-19-22-37(29-40(31)39)38-25-28-44-41(30-38)45(33-13-6-2-7-14-33)52-48(51-44)36-15-8-3-9-16-36/h1-30H. The predicted molar refractivity (Wildman–Crippen MR) is 215 cm³/mol. The SMILES string of the molecule is c1ccc(-c2ccc3ccc4ccc(-c5cccc6ccc(-c7ccc8nc(-c9ccccc9)nc(-c9ccccc9)c8c7)cc56)nc4c3n2)cc1. The number of hydrogen-bond donors (Lipinski definition) is 0. The molecule has 0 aliphatic carbocycles. The van der Waals surface area contributed by atoms with E-state index in [0.29, 0.717) is 0 Å². The second-order valence-corrected chi connectivity index (χ2v) is 13.1. The van der Waals surface area contributed by atoms with Crippen LogP contribution in [0.25, 0.3) is 99.8 Å². The van der Waals surface area contributed by atoms with Gasteiger partial charge in [-0.1, -0.05) is 152 Å². The van der Waals surface area contributed by atoms with Crippen LogP contribution in [0.15, 0.2) is 182 Å². The van der Waals surface area contributed by atoms with Crippen LogP contribution < -0.4 is 0 Å². The molecule has 0 saturated carbocycles. The van der Waals surface area contributed by atoms with Crippen molar-refractivity contribution in [1.82, 2.24) is 19.9 Å². The fourth-order valence-corrected chi connectivity index (χ4v) is 7.20. The van der Waals surface area contributed by atoms with Crippen molar-refractivity contribution >= 4 is 43.5 Å². The van der Waals surface area contributed by atoms with Crippen LogP contribution in [0.5, 0.6) is 0 Å². The van der Waals surface area contributed by atoms with E-state index < -0.39 is 0 Å². The Labute approximate surface area is 300 Å². The van der Waals surface area contributed by atoms with Gasteiger partial charge in [-0.3, -0.25) is 0 Å². The molecule has 10 rings (SSSR count). The number of hydrogen-bond acceptors (Lipinski definition) is 4. The summed E-state index contributed by atoms with van der Waals surface area (Å²) in [5, 5.41) is 5.46. The number of nitrogens with zero attached hydrogens (tertiary/aromatic N) is 4. The smallest absolute Gasteiger partial charge is 0.160 e. The summed E-state index contributed by atoms with van der Waals surface area (Å²) in [5.41, 5.74) is 12.0. The van der Waals surface area contributed by atoms with Gasteiger partial charge in [-0.15, -0.1) is 0 Å². The second-order valence-electron chi connectivity index (χ2n) is 13.1. The molecule has 0 N–H and O–H groups in total. The quantitative estimate of drug-likeness (QED) is 0.172. The van der Waals surface area contributed by atoms with E-state index in [2.05, 4.69) is 140 Å². The van der Waals surface area contributed by atoms with E-state index in [1.54, 1.807) is 0 Å². The summed E-state index contributed by atoms with van der Waals surface area (Å²) in [6.07, 6.45) is 0. The second kappa shape index (κ2) is 12.4. The Balaban J connectivity index is 1.11. The first-order valence-corrected chi connectivity index (χ1v) is 17.5. The zero-order valence-electron chi connectivity index (χ0n) is 28.1. The van der Waals surface area contributed by atoms with Crippen molar-refractivity contribution in [2.75, 3.05) is 0 Å². The van der Waals surface area contributed by atoms with Crippen LogP contribution >= 0.6 is 0 Å². The normalized spacial score (nSPS) is 11.5. The molecule has 0 unspecified atom stereocenters. The highest BCUT2D eigenvalue weighted by molar-refractivity contribution is 6.06. The van der Waals surface area contributed by atoms with E-state index in [0.717, 1.165) is 99.8 Å². The van der Waals surface area contributed by atoms with E-state index in [-0.39, 0.29) is 0 Å². The van der Waals surface area contributed by atoms with E-state index in [1.807, 2.05) is 42.5 Å². The Bertz CT molecular complexity index is 2940. The molecule has 0 aliphatic rings. The molecule has 0 radical (unpaired) electrons. The van der Waals surface area contributed by atoms with Crippen molar-refractivity contribution in [3.63, 3.8) is 0 Å². The molecule has 0 spiro atoms. The van der Waals surface area contributed by atoms with Crippen molar-refractivity contribution in [2.45, 2.75) is 0 Å². The molecule has 4 heteroatoms. The summed E-state index contributed by atoms with van der Waals surface area (Å²) < 4.78 is 0. The van der Waals surface area contributed by atoms with Crippen LogP contribution in [0.1, 0.15) is 0 Å². The number of fused-ring (bicyclic) bond motifs is 5. The lowest BCUT2D eigenvalue weighted by molar-refractivity contribution is 1.23. The van der Waals surface area contributed by atoms with Crippen LogP contribution in [-0.4, -0.2) is 19.9 Å². The van der Waals surface area contributed by atoms with Gasteiger partial charge in [0.15, 0.2) is 5.82 Å². The zero-order chi connectivity index (χ0) is 34.4. The van der Waals surface area contributed by atoms with Gasteiger partial charge in [-0.25, -0.2) is 19.9 Å². The molecule has 0 atom stereocenters. The first-order chi connectivity index (χ1) is 25.7. The van der Waals surface area contributed by atoms with Gasteiger partial charge in [0.05, 0.1) is 33.6 Å². The molecular weight excluding hydrogens is 633 g/mol. The summed E-state index contributed by atoms with van der Waals surface area (Å²) in [4.78, 5) is 20.6. The summed E-state index contributed by atoms with van der Waals surface area (Å²) in [6, 6.07) is 63.3. The maximum absolute atomic E-state index is 5.30. The average Bonchev–Trinajstić information content (AvgIpc) is 3.23. The maximum atomic E-state index is 5.30. The highest BCUT2D eigenvalue weighted by atomic mass is 14.9. The fourth-order valence-electron chi connectivity index (χ4n) is 7.20. The van der Waals surface area contributed by atoms with Crippen molar-refractivity contribution in [2.24, 2.45) is 0 Å². The first kappa shape index (κ1) is 29.8. The minimum atomic E-state index is 0.720.